The van der Waals surface area contributed by atoms with Crippen LogP contribution in [0.5, 0.6) is 0 Å². The Morgan fingerprint density at radius 1 is 1.25 bits per heavy atom. The van der Waals surface area contributed by atoms with Crippen LogP contribution in [0.1, 0.15) is 49.8 Å². The lowest BCUT2D eigenvalue weighted by molar-refractivity contribution is 0.162. The monoisotopic (exact) mass is 294 g/mol. The summed E-state index contributed by atoms with van der Waals surface area (Å²) in [6, 6.07) is 5.20. The van der Waals surface area contributed by atoms with Crippen LogP contribution in [0.3, 0.4) is 0 Å². The number of hydrogen-bond acceptors (Lipinski definition) is 3. The molecular weight excluding hydrogens is 264 g/mol. The third kappa shape index (κ3) is 4.57. The molecule has 1 atom stereocenters. The van der Waals surface area contributed by atoms with Gasteiger partial charge in [0.25, 0.3) is 0 Å². The summed E-state index contributed by atoms with van der Waals surface area (Å²) in [5.74, 6) is 0.855. The highest BCUT2D eigenvalue weighted by Crippen LogP contribution is 2.22. The van der Waals surface area contributed by atoms with Gasteiger partial charge in [-0.3, -0.25) is 0 Å². The first-order valence-corrected chi connectivity index (χ1v) is 9.07. The van der Waals surface area contributed by atoms with E-state index in [0.29, 0.717) is 6.04 Å². The number of aryl methyl sites for hydroxylation is 1. The first kappa shape index (κ1) is 16.0. The number of nitrogens with one attached hydrogen (secondary N) is 1. The molecular formula is C17H30N2S. The van der Waals surface area contributed by atoms with E-state index in [4.69, 9.17) is 0 Å². The van der Waals surface area contributed by atoms with E-state index in [1.807, 2.05) is 11.3 Å². The molecule has 1 N–H and O–H groups in total. The third-order valence-corrected chi connectivity index (χ3v) is 5.77. The van der Waals surface area contributed by atoms with Crippen LogP contribution in [0.15, 0.2) is 12.1 Å². The van der Waals surface area contributed by atoms with Crippen LogP contribution < -0.4 is 5.32 Å². The third-order valence-electron chi connectivity index (χ3n) is 4.54. The Bertz CT molecular complexity index is 380. The van der Waals surface area contributed by atoms with Crippen molar-refractivity contribution < 1.29 is 0 Å². The molecule has 1 fully saturated rings. The molecule has 2 nitrogen and oxygen atoms in total. The minimum atomic E-state index is 0.644. The first-order chi connectivity index (χ1) is 9.72. The zero-order chi connectivity index (χ0) is 14.4. The molecule has 0 aromatic carbocycles. The summed E-state index contributed by atoms with van der Waals surface area (Å²) in [7, 11) is 0. The molecule has 2 rings (SSSR count). The Labute approximate surface area is 128 Å². The number of hydrogen-bond donors (Lipinski definition) is 1. The van der Waals surface area contributed by atoms with Crippen LogP contribution in [0.4, 0.5) is 0 Å². The van der Waals surface area contributed by atoms with Crippen molar-refractivity contribution in [3.63, 3.8) is 0 Å². The van der Waals surface area contributed by atoms with E-state index in [1.165, 1.54) is 48.7 Å². The van der Waals surface area contributed by atoms with Crippen LogP contribution in [0.25, 0.3) is 0 Å². The second-order valence-corrected chi connectivity index (χ2v) is 7.32. The fourth-order valence-electron chi connectivity index (χ4n) is 3.13. The van der Waals surface area contributed by atoms with Crippen molar-refractivity contribution in [2.75, 3.05) is 19.6 Å². The van der Waals surface area contributed by atoms with Gasteiger partial charge in [0.1, 0.15) is 0 Å². The molecule has 1 aliphatic rings. The van der Waals surface area contributed by atoms with Crippen molar-refractivity contribution in [3.8, 4) is 0 Å². The topological polar surface area (TPSA) is 15.3 Å². The Morgan fingerprint density at radius 2 is 1.95 bits per heavy atom. The molecule has 20 heavy (non-hydrogen) atoms. The predicted octanol–water partition coefficient (Wildman–Crippen LogP) is 3.91. The van der Waals surface area contributed by atoms with E-state index >= 15 is 0 Å². The van der Waals surface area contributed by atoms with E-state index in [-0.39, 0.29) is 0 Å². The normalized spacial score (nSPS) is 19.4. The van der Waals surface area contributed by atoms with E-state index in [1.54, 1.807) is 0 Å². The Hall–Kier alpha value is -0.380. The highest BCUT2D eigenvalue weighted by Gasteiger charge is 2.23. The fourth-order valence-corrected chi connectivity index (χ4v) is 4.04. The summed E-state index contributed by atoms with van der Waals surface area (Å²) in [5, 5.41) is 3.74. The van der Waals surface area contributed by atoms with Gasteiger partial charge in [0, 0.05) is 22.3 Å². The van der Waals surface area contributed by atoms with Crippen molar-refractivity contribution in [1.29, 1.82) is 0 Å². The summed E-state index contributed by atoms with van der Waals surface area (Å²) < 4.78 is 0. The molecule has 0 spiro atoms. The van der Waals surface area contributed by atoms with Gasteiger partial charge in [-0.25, -0.2) is 0 Å². The zero-order valence-electron chi connectivity index (χ0n) is 13.3. The Balaban J connectivity index is 1.71. The van der Waals surface area contributed by atoms with Gasteiger partial charge in [0.2, 0.25) is 0 Å². The molecule has 1 saturated heterocycles. The predicted molar refractivity (Wildman–Crippen MR) is 89.5 cm³/mol. The maximum atomic E-state index is 3.74. The summed E-state index contributed by atoms with van der Waals surface area (Å²) in [6.07, 6.45) is 5.17. The van der Waals surface area contributed by atoms with E-state index < -0.39 is 0 Å². The van der Waals surface area contributed by atoms with Crippen molar-refractivity contribution in [2.24, 2.45) is 5.92 Å². The minimum Gasteiger partial charge on any atom is -0.309 e. The minimum absolute atomic E-state index is 0.644. The molecule has 1 aromatic heterocycles. The second kappa shape index (κ2) is 8.16. The van der Waals surface area contributed by atoms with Gasteiger partial charge in [-0.05, 0) is 70.3 Å². The number of likely N-dealkylation sites (tertiary alicyclic amines) is 1. The highest BCUT2D eigenvalue weighted by molar-refractivity contribution is 7.11. The quantitative estimate of drug-likeness (QED) is 0.820. The number of nitrogens with zero attached hydrogens (tertiary/aromatic N) is 1. The molecule has 1 aliphatic heterocycles. The molecule has 0 amide bonds. The smallest absolute Gasteiger partial charge is 0.0302 e. The highest BCUT2D eigenvalue weighted by atomic mass is 32.1. The molecule has 3 heteroatoms. The number of rotatable bonds is 7. The summed E-state index contributed by atoms with van der Waals surface area (Å²) >= 11 is 1.96. The maximum absolute atomic E-state index is 3.74. The van der Waals surface area contributed by atoms with Crippen molar-refractivity contribution in [3.05, 3.63) is 21.9 Å². The van der Waals surface area contributed by atoms with Crippen molar-refractivity contribution >= 4 is 11.3 Å². The molecule has 0 aliphatic carbocycles. The summed E-state index contributed by atoms with van der Waals surface area (Å²) in [5.41, 5.74) is 0. The van der Waals surface area contributed by atoms with Crippen LogP contribution in [-0.4, -0.2) is 30.6 Å². The average Bonchev–Trinajstić information content (AvgIpc) is 2.94. The molecule has 1 unspecified atom stereocenters. The maximum Gasteiger partial charge on any atom is 0.0302 e. The van der Waals surface area contributed by atoms with Gasteiger partial charge in [-0.2, -0.15) is 0 Å². The van der Waals surface area contributed by atoms with Crippen molar-refractivity contribution in [2.45, 2.75) is 59.0 Å². The SMILES string of the molecule is CCCN1CCC(C(C)NCc2ccc(CC)s2)CC1. The summed E-state index contributed by atoms with van der Waals surface area (Å²) in [4.78, 5) is 5.61. The van der Waals surface area contributed by atoms with Gasteiger partial charge < -0.3 is 10.2 Å². The van der Waals surface area contributed by atoms with Crippen LogP contribution in [0, 0.1) is 5.92 Å². The van der Waals surface area contributed by atoms with Crippen molar-refractivity contribution in [1.82, 2.24) is 10.2 Å². The van der Waals surface area contributed by atoms with Crippen LogP contribution in [-0.2, 0) is 13.0 Å². The van der Waals surface area contributed by atoms with Gasteiger partial charge in [-0.15, -0.1) is 11.3 Å². The molecule has 0 radical (unpaired) electrons. The van der Waals surface area contributed by atoms with E-state index in [2.05, 4.69) is 43.1 Å². The van der Waals surface area contributed by atoms with Gasteiger partial charge in [0.05, 0.1) is 0 Å². The standard InChI is InChI=1S/C17H30N2S/c1-4-10-19-11-8-15(9-12-19)14(3)18-13-17-7-6-16(5-2)20-17/h6-7,14-15,18H,4-5,8-13H2,1-3H3. The Morgan fingerprint density at radius 3 is 2.55 bits per heavy atom. The molecule has 0 saturated carbocycles. The lowest BCUT2D eigenvalue weighted by Crippen LogP contribution is -2.41. The van der Waals surface area contributed by atoms with Crippen LogP contribution in [0.2, 0.25) is 0 Å². The molecule has 2 heterocycles. The average molecular weight is 295 g/mol. The molecule has 0 bridgehead atoms. The largest absolute Gasteiger partial charge is 0.309 e. The number of piperidine rings is 1. The van der Waals surface area contributed by atoms with Crippen LogP contribution >= 0.6 is 11.3 Å². The Kier molecular flexibility index (Phi) is 6.53. The van der Waals surface area contributed by atoms with E-state index in [0.717, 1.165) is 18.9 Å². The van der Waals surface area contributed by atoms with E-state index in [9.17, 15) is 0 Å². The van der Waals surface area contributed by atoms with Gasteiger partial charge in [-0.1, -0.05) is 13.8 Å². The second-order valence-electron chi connectivity index (χ2n) is 6.07. The lowest BCUT2D eigenvalue weighted by Gasteiger charge is -2.35. The lowest BCUT2D eigenvalue weighted by atomic mass is 9.90. The summed E-state index contributed by atoms with van der Waals surface area (Å²) in [6.45, 7) is 11.8. The molecule has 1 aromatic rings. The first-order valence-electron chi connectivity index (χ1n) is 8.26. The van der Waals surface area contributed by atoms with Gasteiger partial charge >= 0.3 is 0 Å². The fraction of sp³-hybridized carbons (Fsp3) is 0.765. The van der Waals surface area contributed by atoms with Gasteiger partial charge in [0.15, 0.2) is 0 Å². The molecule has 114 valence electrons. The zero-order valence-corrected chi connectivity index (χ0v) is 14.1. The number of thiophene rings is 1.